The van der Waals surface area contributed by atoms with Gasteiger partial charge in [0.25, 0.3) is 0 Å². The Morgan fingerprint density at radius 2 is 1.95 bits per heavy atom. The maximum Gasteiger partial charge on any atom is 0.237 e. The van der Waals surface area contributed by atoms with E-state index >= 15 is 0 Å². The predicted molar refractivity (Wildman–Crippen MR) is 87.4 cm³/mol. The number of hydrogen-bond donors (Lipinski definition) is 2. The molecule has 2 rings (SSSR count). The average Bonchev–Trinajstić information content (AvgIpc) is 2.30. The first kappa shape index (κ1) is 16.0. The Morgan fingerprint density at radius 3 is 2.52 bits per heavy atom. The molecule has 2 N–H and O–H groups in total. The van der Waals surface area contributed by atoms with Crippen LogP contribution in [0.2, 0.25) is 0 Å². The lowest BCUT2D eigenvalue weighted by atomic mass is 9.75. The molecule has 3 heteroatoms. The summed E-state index contributed by atoms with van der Waals surface area (Å²) in [6, 6.07) is 9.07. The quantitative estimate of drug-likeness (QED) is 0.893. The van der Waals surface area contributed by atoms with Crippen molar-refractivity contribution in [1.82, 2.24) is 10.6 Å². The van der Waals surface area contributed by atoms with Crippen LogP contribution in [0.3, 0.4) is 0 Å². The standard InChI is InChI=1S/C18H28N2O/c1-12-7-6-8-14(9-12)15-10-16(11-15)19-13(2)17(21)20-18(3,4)5/h6-9,13,15-16,19H,10-11H2,1-5H3,(H,20,21). The van der Waals surface area contributed by atoms with Gasteiger partial charge in [-0.25, -0.2) is 0 Å². The van der Waals surface area contributed by atoms with Crippen molar-refractivity contribution in [3.8, 4) is 0 Å². The van der Waals surface area contributed by atoms with Crippen molar-refractivity contribution in [3.63, 3.8) is 0 Å². The summed E-state index contributed by atoms with van der Waals surface area (Å²) in [5.74, 6) is 0.724. The Bertz CT molecular complexity index is 498. The molecule has 1 aromatic carbocycles. The minimum absolute atomic E-state index is 0.0847. The van der Waals surface area contributed by atoms with E-state index in [4.69, 9.17) is 0 Å². The fourth-order valence-corrected chi connectivity index (χ4v) is 2.86. The number of amides is 1. The molecule has 0 heterocycles. The third kappa shape index (κ3) is 4.57. The van der Waals surface area contributed by atoms with E-state index in [1.54, 1.807) is 0 Å². The number of hydrogen-bond acceptors (Lipinski definition) is 2. The smallest absolute Gasteiger partial charge is 0.237 e. The summed E-state index contributed by atoms with van der Waals surface area (Å²) in [6.07, 6.45) is 2.24. The molecule has 0 saturated heterocycles. The molecule has 1 aliphatic carbocycles. The molecule has 0 bridgehead atoms. The second-order valence-electron chi connectivity index (χ2n) is 7.41. The van der Waals surface area contributed by atoms with Gasteiger partial charge in [0.1, 0.15) is 0 Å². The molecule has 1 aliphatic rings. The summed E-state index contributed by atoms with van der Waals surface area (Å²) < 4.78 is 0. The van der Waals surface area contributed by atoms with Gasteiger partial charge in [-0.05, 0) is 58.9 Å². The molecule has 1 atom stereocenters. The van der Waals surface area contributed by atoms with Gasteiger partial charge in [0.05, 0.1) is 6.04 Å². The first-order valence-corrected chi connectivity index (χ1v) is 7.89. The van der Waals surface area contributed by atoms with E-state index < -0.39 is 0 Å². The van der Waals surface area contributed by atoms with Crippen molar-refractivity contribution in [3.05, 3.63) is 35.4 Å². The van der Waals surface area contributed by atoms with Gasteiger partial charge in [0, 0.05) is 11.6 Å². The highest BCUT2D eigenvalue weighted by Crippen LogP contribution is 2.37. The number of nitrogens with one attached hydrogen (secondary N) is 2. The normalized spacial score (nSPS) is 23.3. The molecule has 0 radical (unpaired) electrons. The van der Waals surface area contributed by atoms with E-state index in [9.17, 15) is 4.79 Å². The number of carbonyl (C=O) groups is 1. The molecule has 21 heavy (non-hydrogen) atoms. The van der Waals surface area contributed by atoms with Crippen LogP contribution in [0, 0.1) is 6.92 Å². The van der Waals surface area contributed by atoms with Gasteiger partial charge in [-0.2, -0.15) is 0 Å². The number of aryl methyl sites for hydroxylation is 1. The van der Waals surface area contributed by atoms with Gasteiger partial charge < -0.3 is 10.6 Å². The molecule has 1 amide bonds. The summed E-state index contributed by atoms with van der Waals surface area (Å²) in [6.45, 7) is 10.1. The summed E-state index contributed by atoms with van der Waals surface area (Å²) >= 11 is 0. The summed E-state index contributed by atoms with van der Waals surface area (Å²) in [4.78, 5) is 12.1. The SMILES string of the molecule is Cc1cccc(C2CC(NC(C)C(=O)NC(C)(C)C)C2)c1. The highest BCUT2D eigenvalue weighted by molar-refractivity contribution is 5.81. The summed E-state index contributed by atoms with van der Waals surface area (Å²) in [5.41, 5.74) is 2.58. The second kappa shape index (κ2) is 6.18. The van der Waals surface area contributed by atoms with Crippen LogP contribution in [0.25, 0.3) is 0 Å². The van der Waals surface area contributed by atoms with Gasteiger partial charge in [-0.3, -0.25) is 4.79 Å². The highest BCUT2D eigenvalue weighted by Gasteiger charge is 2.32. The van der Waals surface area contributed by atoms with Crippen LogP contribution in [0.4, 0.5) is 0 Å². The van der Waals surface area contributed by atoms with Crippen molar-refractivity contribution in [2.75, 3.05) is 0 Å². The maximum atomic E-state index is 12.1. The van der Waals surface area contributed by atoms with Gasteiger partial charge in [-0.1, -0.05) is 29.8 Å². The second-order valence-corrected chi connectivity index (χ2v) is 7.41. The molecular formula is C18H28N2O. The minimum Gasteiger partial charge on any atom is -0.350 e. The van der Waals surface area contributed by atoms with Gasteiger partial charge in [0.15, 0.2) is 0 Å². The van der Waals surface area contributed by atoms with Crippen LogP contribution in [-0.4, -0.2) is 23.5 Å². The van der Waals surface area contributed by atoms with Crippen LogP contribution >= 0.6 is 0 Å². The van der Waals surface area contributed by atoms with Gasteiger partial charge in [0.2, 0.25) is 5.91 Å². The van der Waals surface area contributed by atoms with E-state index in [0.717, 1.165) is 12.8 Å². The third-order valence-electron chi connectivity index (χ3n) is 4.03. The summed E-state index contributed by atoms with van der Waals surface area (Å²) in [5, 5.41) is 6.46. The molecule has 1 fully saturated rings. The fraction of sp³-hybridized carbons (Fsp3) is 0.611. The molecule has 0 spiro atoms. The van der Waals surface area contributed by atoms with Crippen molar-refractivity contribution in [1.29, 1.82) is 0 Å². The van der Waals surface area contributed by atoms with E-state index in [1.165, 1.54) is 11.1 Å². The highest BCUT2D eigenvalue weighted by atomic mass is 16.2. The van der Waals surface area contributed by atoms with E-state index in [2.05, 4.69) is 41.8 Å². The molecule has 1 aromatic rings. The molecule has 1 saturated carbocycles. The van der Waals surface area contributed by atoms with E-state index in [-0.39, 0.29) is 17.5 Å². The largest absolute Gasteiger partial charge is 0.350 e. The molecule has 0 aliphatic heterocycles. The maximum absolute atomic E-state index is 12.1. The Kier molecular flexibility index (Phi) is 4.72. The van der Waals surface area contributed by atoms with Crippen LogP contribution in [0.5, 0.6) is 0 Å². The van der Waals surface area contributed by atoms with E-state index in [1.807, 2.05) is 27.7 Å². The van der Waals surface area contributed by atoms with Crippen LogP contribution < -0.4 is 10.6 Å². The van der Waals surface area contributed by atoms with Crippen LogP contribution in [-0.2, 0) is 4.79 Å². The van der Waals surface area contributed by atoms with E-state index in [0.29, 0.717) is 12.0 Å². The van der Waals surface area contributed by atoms with Crippen molar-refractivity contribution in [2.45, 2.75) is 71.0 Å². The van der Waals surface area contributed by atoms with Crippen molar-refractivity contribution in [2.24, 2.45) is 0 Å². The Balaban J connectivity index is 1.79. The first-order chi connectivity index (χ1) is 9.74. The average molecular weight is 288 g/mol. The Morgan fingerprint density at radius 1 is 1.29 bits per heavy atom. The monoisotopic (exact) mass is 288 g/mol. The van der Waals surface area contributed by atoms with Gasteiger partial charge >= 0.3 is 0 Å². The zero-order chi connectivity index (χ0) is 15.6. The number of carbonyl (C=O) groups excluding carboxylic acids is 1. The predicted octanol–water partition coefficient (Wildman–Crippen LogP) is 3.13. The zero-order valence-corrected chi connectivity index (χ0v) is 13.9. The van der Waals surface area contributed by atoms with Crippen molar-refractivity contribution >= 4 is 5.91 Å². The lowest BCUT2D eigenvalue weighted by Crippen LogP contribution is -2.54. The van der Waals surface area contributed by atoms with Crippen LogP contribution in [0.1, 0.15) is 57.6 Å². The topological polar surface area (TPSA) is 41.1 Å². The zero-order valence-electron chi connectivity index (χ0n) is 13.9. The van der Waals surface area contributed by atoms with Gasteiger partial charge in [-0.15, -0.1) is 0 Å². The lowest BCUT2D eigenvalue weighted by molar-refractivity contribution is -0.124. The first-order valence-electron chi connectivity index (χ1n) is 7.89. The number of rotatable bonds is 4. The van der Waals surface area contributed by atoms with Crippen molar-refractivity contribution < 1.29 is 4.79 Å². The molecule has 0 aromatic heterocycles. The number of benzene rings is 1. The minimum atomic E-state index is -0.170. The summed E-state index contributed by atoms with van der Waals surface area (Å²) in [7, 11) is 0. The third-order valence-corrected chi connectivity index (χ3v) is 4.03. The lowest BCUT2D eigenvalue weighted by Gasteiger charge is -2.38. The van der Waals surface area contributed by atoms with Crippen LogP contribution in [0.15, 0.2) is 24.3 Å². The fourth-order valence-electron chi connectivity index (χ4n) is 2.86. The Labute approximate surface area is 128 Å². The Hall–Kier alpha value is -1.35. The molecule has 1 unspecified atom stereocenters. The molecule has 3 nitrogen and oxygen atoms in total. The molecular weight excluding hydrogens is 260 g/mol. The molecule has 116 valence electrons.